The second-order valence-corrected chi connectivity index (χ2v) is 2.25. The fraction of sp³-hybridized carbons (Fsp3) is 0.286. The Morgan fingerprint density at radius 1 is 1.08 bits per heavy atom. The minimum absolute atomic E-state index is 0.0233. The smallest absolute Gasteiger partial charge is 0.199 e. The van der Waals surface area contributed by atoms with Gasteiger partial charge in [-0.3, -0.25) is 9.59 Å². The minimum atomic E-state index is -0.278. The van der Waals surface area contributed by atoms with Crippen molar-refractivity contribution >= 4 is 11.6 Å². The second kappa shape index (κ2) is 3.17. The van der Waals surface area contributed by atoms with E-state index in [4.69, 9.17) is 0 Å². The molecule has 0 aliphatic carbocycles. The maximum absolute atomic E-state index is 10.8. The van der Waals surface area contributed by atoms with Crippen LogP contribution in [0.2, 0.25) is 0 Å². The molecule has 0 atom stereocenters. The summed E-state index contributed by atoms with van der Waals surface area (Å²) in [7, 11) is 0. The van der Waals surface area contributed by atoms with Crippen molar-refractivity contribution in [2.45, 2.75) is 13.8 Å². The van der Waals surface area contributed by atoms with Gasteiger partial charge in [-0.1, -0.05) is 0 Å². The summed E-state index contributed by atoms with van der Waals surface area (Å²) < 4.78 is 0. The van der Waals surface area contributed by atoms with E-state index in [1.165, 1.54) is 13.8 Å². The van der Waals surface area contributed by atoms with E-state index in [-0.39, 0.29) is 23.2 Å². The Balaban J connectivity index is 3.12. The van der Waals surface area contributed by atoms with Crippen LogP contribution in [0.1, 0.15) is 35.1 Å². The van der Waals surface area contributed by atoms with E-state index in [1.54, 1.807) is 0 Å². The third-order valence-corrected chi connectivity index (χ3v) is 1.20. The van der Waals surface area contributed by atoms with Gasteiger partial charge in [-0.05, 0) is 0 Å². The van der Waals surface area contributed by atoms with Crippen molar-refractivity contribution in [3.8, 4) is 0 Å². The standard InChI is InChI=1S/C7H7N3O2/c1-4(11)6-8-3-9-7(10-6)5(2)12/h3H,1-2H3. The van der Waals surface area contributed by atoms with Gasteiger partial charge in [0.05, 0.1) is 0 Å². The molecule has 1 aromatic rings. The Morgan fingerprint density at radius 3 is 1.83 bits per heavy atom. The van der Waals surface area contributed by atoms with E-state index in [9.17, 15) is 9.59 Å². The largest absolute Gasteiger partial charge is 0.291 e. The molecule has 0 radical (unpaired) electrons. The van der Waals surface area contributed by atoms with E-state index in [0.717, 1.165) is 6.33 Å². The lowest BCUT2D eigenvalue weighted by Crippen LogP contribution is -2.08. The van der Waals surface area contributed by atoms with Gasteiger partial charge in [0, 0.05) is 13.8 Å². The van der Waals surface area contributed by atoms with Crippen LogP contribution in [0.15, 0.2) is 6.33 Å². The van der Waals surface area contributed by atoms with Gasteiger partial charge in [0.1, 0.15) is 6.33 Å². The normalized spacial score (nSPS) is 9.50. The molecule has 0 amide bonds. The third kappa shape index (κ3) is 1.69. The highest BCUT2D eigenvalue weighted by atomic mass is 16.1. The van der Waals surface area contributed by atoms with Gasteiger partial charge in [-0.2, -0.15) is 0 Å². The average molecular weight is 165 g/mol. The van der Waals surface area contributed by atoms with Crippen molar-refractivity contribution in [1.82, 2.24) is 15.0 Å². The van der Waals surface area contributed by atoms with Crippen LogP contribution in [0.4, 0.5) is 0 Å². The topological polar surface area (TPSA) is 72.8 Å². The highest BCUT2D eigenvalue weighted by Crippen LogP contribution is 1.93. The molecule has 1 aromatic heterocycles. The first-order chi connectivity index (χ1) is 5.61. The predicted octanol–water partition coefficient (Wildman–Crippen LogP) is 0.277. The zero-order chi connectivity index (χ0) is 9.14. The third-order valence-electron chi connectivity index (χ3n) is 1.20. The molecule has 0 saturated heterocycles. The summed E-state index contributed by atoms with van der Waals surface area (Å²) in [4.78, 5) is 32.4. The number of rotatable bonds is 2. The molecule has 0 spiro atoms. The Labute approximate surface area is 68.9 Å². The van der Waals surface area contributed by atoms with Crippen molar-refractivity contribution in [3.63, 3.8) is 0 Å². The summed E-state index contributed by atoms with van der Waals surface area (Å²) in [5, 5.41) is 0. The maximum atomic E-state index is 10.8. The fourth-order valence-corrected chi connectivity index (χ4v) is 0.636. The molecule has 0 saturated carbocycles. The number of aromatic nitrogens is 3. The van der Waals surface area contributed by atoms with Crippen molar-refractivity contribution in [3.05, 3.63) is 18.0 Å². The van der Waals surface area contributed by atoms with Gasteiger partial charge in [0.25, 0.3) is 0 Å². The Hall–Kier alpha value is -1.65. The molecule has 62 valence electrons. The van der Waals surface area contributed by atoms with Gasteiger partial charge in [-0.15, -0.1) is 0 Å². The first-order valence-electron chi connectivity index (χ1n) is 3.32. The SMILES string of the molecule is CC(=O)c1ncnc(C(C)=O)n1. The second-order valence-electron chi connectivity index (χ2n) is 2.25. The van der Waals surface area contributed by atoms with Gasteiger partial charge in [0.15, 0.2) is 23.2 Å². The number of hydrogen-bond acceptors (Lipinski definition) is 5. The van der Waals surface area contributed by atoms with Crippen LogP contribution in [0.3, 0.4) is 0 Å². The number of hydrogen-bond donors (Lipinski definition) is 0. The van der Waals surface area contributed by atoms with Crippen molar-refractivity contribution < 1.29 is 9.59 Å². The highest BCUT2D eigenvalue weighted by Gasteiger charge is 2.07. The van der Waals surface area contributed by atoms with Crippen LogP contribution in [0.25, 0.3) is 0 Å². The molecule has 5 heteroatoms. The molecule has 5 nitrogen and oxygen atoms in total. The highest BCUT2D eigenvalue weighted by molar-refractivity contribution is 5.93. The van der Waals surface area contributed by atoms with Crippen LogP contribution in [0, 0.1) is 0 Å². The molecular weight excluding hydrogens is 158 g/mol. The fourth-order valence-electron chi connectivity index (χ4n) is 0.636. The van der Waals surface area contributed by atoms with E-state index in [1.807, 2.05) is 0 Å². The summed E-state index contributed by atoms with van der Waals surface area (Å²) in [6.45, 7) is 2.67. The Bertz CT molecular complexity index is 306. The van der Waals surface area contributed by atoms with E-state index in [2.05, 4.69) is 15.0 Å². The molecule has 12 heavy (non-hydrogen) atoms. The predicted molar refractivity (Wildman–Crippen MR) is 39.8 cm³/mol. The zero-order valence-corrected chi connectivity index (χ0v) is 6.74. The van der Waals surface area contributed by atoms with E-state index >= 15 is 0 Å². The number of nitrogens with zero attached hydrogens (tertiary/aromatic N) is 3. The average Bonchev–Trinajstić information content (AvgIpc) is 2.04. The molecule has 0 aliphatic heterocycles. The van der Waals surface area contributed by atoms with Crippen LogP contribution in [0.5, 0.6) is 0 Å². The monoisotopic (exact) mass is 165 g/mol. The van der Waals surface area contributed by atoms with Crippen LogP contribution < -0.4 is 0 Å². The minimum Gasteiger partial charge on any atom is -0.291 e. The summed E-state index contributed by atoms with van der Waals surface area (Å²) in [6.07, 6.45) is 1.15. The molecule has 1 rings (SSSR count). The Morgan fingerprint density at radius 2 is 1.50 bits per heavy atom. The molecule has 0 N–H and O–H groups in total. The number of carbonyl (C=O) groups is 2. The summed E-state index contributed by atoms with van der Waals surface area (Å²) in [5.41, 5.74) is 0. The van der Waals surface area contributed by atoms with E-state index < -0.39 is 0 Å². The summed E-state index contributed by atoms with van der Waals surface area (Å²) in [5.74, 6) is -0.509. The molecule has 0 bridgehead atoms. The molecule has 0 aromatic carbocycles. The lowest BCUT2D eigenvalue weighted by atomic mass is 10.4. The van der Waals surface area contributed by atoms with Crippen molar-refractivity contribution in [2.75, 3.05) is 0 Å². The molecule has 0 unspecified atom stereocenters. The van der Waals surface area contributed by atoms with Crippen molar-refractivity contribution in [1.29, 1.82) is 0 Å². The summed E-state index contributed by atoms with van der Waals surface area (Å²) in [6, 6.07) is 0. The summed E-state index contributed by atoms with van der Waals surface area (Å²) >= 11 is 0. The number of Topliss-reactive ketones (excluding diaryl/α,β-unsaturated/α-hetero) is 2. The van der Waals surface area contributed by atoms with Crippen molar-refractivity contribution in [2.24, 2.45) is 0 Å². The van der Waals surface area contributed by atoms with Gasteiger partial charge >= 0.3 is 0 Å². The first-order valence-corrected chi connectivity index (χ1v) is 3.32. The van der Waals surface area contributed by atoms with Crippen LogP contribution >= 0.6 is 0 Å². The van der Waals surface area contributed by atoms with Gasteiger partial charge < -0.3 is 0 Å². The zero-order valence-electron chi connectivity index (χ0n) is 6.74. The quantitative estimate of drug-likeness (QED) is 0.588. The molecule has 0 fully saturated rings. The first kappa shape index (κ1) is 8.45. The van der Waals surface area contributed by atoms with Crippen LogP contribution in [-0.2, 0) is 0 Å². The van der Waals surface area contributed by atoms with E-state index in [0.29, 0.717) is 0 Å². The number of ketones is 2. The number of carbonyl (C=O) groups excluding carboxylic acids is 2. The Kier molecular flexibility index (Phi) is 2.23. The lowest BCUT2D eigenvalue weighted by molar-refractivity contribution is 0.0997. The molecule has 1 heterocycles. The maximum Gasteiger partial charge on any atom is 0.199 e. The lowest BCUT2D eigenvalue weighted by Gasteiger charge is -1.94. The van der Waals surface area contributed by atoms with Gasteiger partial charge in [0.2, 0.25) is 0 Å². The van der Waals surface area contributed by atoms with Crippen LogP contribution in [-0.4, -0.2) is 26.5 Å². The molecule has 0 aliphatic rings. The molecular formula is C7H7N3O2. The van der Waals surface area contributed by atoms with Gasteiger partial charge in [-0.25, -0.2) is 15.0 Å².